The molecule has 0 spiro atoms. The summed E-state index contributed by atoms with van der Waals surface area (Å²) >= 11 is 3.29. The van der Waals surface area contributed by atoms with E-state index in [-0.39, 0.29) is 5.91 Å². The fraction of sp³-hybridized carbons (Fsp3) is 0.889. The molecule has 15 heavy (non-hydrogen) atoms. The first-order valence-corrected chi connectivity index (χ1v) is 8.03. The first-order valence-electron chi connectivity index (χ1n) is 5.05. The Morgan fingerprint density at radius 1 is 1.33 bits per heavy atom. The summed E-state index contributed by atoms with van der Waals surface area (Å²) in [5, 5.41) is 0.892. The van der Waals surface area contributed by atoms with Gasteiger partial charge in [0.05, 0.1) is 34.4 Å². The van der Waals surface area contributed by atoms with Crippen molar-refractivity contribution in [2.24, 2.45) is 4.36 Å². The lowest BCUT2D eigenvalue weighted by molar-refractivity contribution is -0.117. The molecule has 0 N–H and O–H groups in total. The van der Waals surface area contributed by atoms with Gasteiger partial charge in [-0.3, -0.25) is 4.79 Å². The lowest BCUT2D eigenvalue weighted by Gasteiger charge is -2.15. The molecule has 0 unspecified atom stereocenters. The van der Waals surface area contributed by atoms with E-state index >= 15 is 0 Å². The third kappa shape index (κ3) is 5.08. The summed E-state index contributed by atoms with van der Waals surface area (Å²) in [7, 11) is -2.29. The van der Waals surface area contributed by atoms with Gasteiger partial charge in [-0.2, -0.15) is 4.36 Å². The number of carbonyl (C=O) groups is 1. The van der Waals surface area contributed by atoms with Crippen molar-refractivity contribution < 1.29 is 13.7 Å². The monoisotopic (exact) mass is 297 g/mol. The van der Waals surface area contributed by atoms with Gasteiger partial charge in [0.15, 0.2) is 0 Å². The Morgan fingerprint density at radius 3 is 2.60 bits per heavy atom. The molecule has 0 aromatic heterocycles. The number of rotatable bonds is 4. The van der Waals surface area contributed by atoms with Gasteiger partial charge in [-0.15, -0.1) is 0 Å². The molecule has 0 bridgehead atoms. The molecule has 1 heterocycles. The van der Waals surface area contributed by atoms with Crippen LogP contribution >= 0.6 is 15.9 Å². The zero-order valence-electron chi connectivity index (χ0n) is 8.62. The molecule has 0 atom stereocenters. The largest absolute Gasteiger partial charge is 0.379 e. The smallest absolute Gasteiger partial charge is 0.253 e. The van der Waals surface area contributed by atoms with Gasteiger partial charge in [-0.1, -0.05) is 15.9 Å². The van der Waals surface area contributed by atoms with Crippen LogP contribution in [0.4, 0.5) is 0 Å². The quantitative estimate of drug-likeness (QED) is 0.585. The summed E-state index contributed by atoms with van der Waals surface area (Å²) in [6.45, 7) is 0.911. The molecule has 0 saturated carbocycles. The third-order valence-corrected chi connectivity index (χ3v) is 4.84. The number of halogens is 1. The normalized spacial score (nSPS) is 19.8. The zero-order chi connectivity index (χ0) is 11.1. The van der Waals surface area contributed by atoms with Crippen molar-refractivity contribution in [1.29, 1.82) is 0 Å². The van der Waals surface area contributed by atoms with Crippen molar-refractivity contribution in [3.05, 3.63) is 0 Å². The Hall–Kier alpha value is 0.0600. The second kappa shape index (κ2) is 6.60. The fourth-order valence-electron chi connectivity index (χ4n) is 1.28. The first-order chi connectivity index (χ1) is 7.16. The number of hydrogen-bond acceptors (Lipinski definition) is 3. The Morgan fingerprint density at radius 2 is 2.00 bits per heavy atom. The third-order valence-electron chi connectivity index (χ3n) is 2.14. The topological polar surface area (TPSA) is 55.7 Å². The first kappa shape index (κ1) is 13.1. The van der Waals surface area contributed by atoms with Crippen LogP contribution in [-0.4, -0.2) is 40.2 Å². The van der Waals surface area contributed by atoms with Crippen molar-refractivity contribution in [2.45, 2.75) is 19.3 Å². The molecule has 1 saturated heterocycles. The van der Waals surface area contributed by atoms with Gasteiger partial charge in [-0.25, -0.2) is 4.21 Å². The van der Waals surface area contributed by atoms with Crippen LogP contribution in [0.5, 0.6) is 0 Å². The number of ether oxygens (including phenoxy) is 1. The van der Waals surface area contributed by atoms with Gasteiger partial charge in [0.2, 0.25) is 0 Å². The minimum Gasteiger partial charge on any atom is -0.379 e. The van der Waals surface area contributed by atoms with Crippen LogP contribution in [0.25, 0.3) is 0 Å². The number of amides is 1. The van der Waals surface area contributed by atoms with Crippen LogP contribution in [0, 0.1) is 0 Å². The van der Waals surface area contributed by atoms with E-state index in [4.69, 9.17) is 4.74 Å². The Bertz CT molecular complexity index is 311. The average Bonchev–Trinajstić information content (AvgIpc) is 2.18. The number of alkyl halides is 1. The predicted octanol–water partition coefficient (Wildman–Crippen LogP) is 1.58. The molecule has 0 aromatic carbocycles. The van der Waals surface area contributed by atoms with Crippen LogP contribution in [0.15, 0.2) is 4.36 Å². The molecule has 1 aliphatic rings. The van der Waals surface area contributed by atoms with E-state index in [1.807, 2.05) is 0 Å². The van der Waals surface area contributed by atoms with Crippen LogP contribution in [0.1, 0.15) is 19.3 Å². The second-order valence-electron chi connectivity index (χ2n) is 3.42. The van der Waals surface area contributed by atoms with E-state index in [1.165, 1.54) is 0 Å². The lowest BCUT2D eigenvalue weighted by atomic mass is 10.2. The molecule has 1 aliphatic heterocycles. The highest BCUT2D eigenvalue weighted by molar-refractivity contribution is 9.09. The van der Waals surface area contributed by atoms with E-state index in [1.54, 1.807) is 0 Å². The van der Waals surface area contributed by atoms with Crippen molar-refractivity contribution in [3.63, 3.8) is 0 Å². The molecule has 0 aromatic rings. The van der Waals surface area contributed by atoms with E-state index in [9.17, 15) is 9.00 Å². The summed E-state index contributed by atoms with van der Waals surface area (Å²) in [6.07, 6.45) is 2.16. The maximum atomic E-state index is 12.0. The van der Waals surface area contributed by atoms with Crippen LogP contribution < -0.4 is 0 Å². The molecule has 1 amide bonds. The van der Waals surface area contributed by atoms with Crippen LogP contribution in [0.3, 0.4) is 0 Å². The number of unbranched alkanes of at least 4 members (excludes halogenated alkanes) is 1. The highest BCUT2D eigenvalue weighted by atomic mass is 79.9. The van der Waals surface area contributed by atoms with Crippen molar-refractivity contribution in [2.75, 3.05) is 30.0 Å². The summed E-state index contributed by atoms with van der Waals surface area (Å²) in [5.41, 5.74) is 0. The van der Waals surface area contributed by atoms with Gasteiger partial charge in [-0.05, 0) is 12.8 Å². The van der Waals surface area contributed by atoms with E-state index < -0.39 is 9.73 Å². The standard InChI is InChI=1S/C9H16BrNO3S/c10-4-2-1-3-9(12)11-15(13)7-5-14-6-8-15/h1-8H2. The second-order valence-corrected chi connectivity index (χ2v) is 6.76. The van der Waals surface area contributed by atoms with E-state index in [0.717, 1.165) is 18.2 Å². The Kier molecular flexibility index (Phi) is 5.78. The molecule has 1 rings (SSSR count). The lowest BCUT2D eigenvalue weighted by Crippen LogP contribution is -2.26. The molecule has 1 fully saturated rings. The minimum absolute atomic E-state index is 0.220. The average molecular weight is 298 g/mol. The molecular formula is C9H16BrNO3S. The highest BCUT2D eigenvalue weighted by Gasteiger charge is 2.16. The Balaban J connectivity index is 2.46. The van der Waals surface area contributed by atoms with E-state index in [0.29, 0.717) is 31.1 Å². The Labute approximate surface area is 99.1 Å². The van der Waals surface area contributed by atoms with E-state index in [2.05, 4.69) is 20.3 Å². The fourth-order valence-corrected chi connectivity index (χ4v) is 3.28. The van der Waals surface area contributed by atoms with Crippen LogP contribution in [-0.2, 0) is 19.3 Å². The summed E-state index contributed by atoms with van der Waals surface area (Å²) < 4.78 is 20.9. The van der Waals surface area contributed by atoms with Gasteiger partial charge < -0.3 is 4.74 Å². The molecule has 6 heteroatoms. The number of carbonyl (C=O) groups excluding carboxylic acids is 1. The summed E-state index contributed by atoms with van der Waals surface area (Å²) in [5.74, 6) is 0.580. The SMILES string of the molecule is O=C(CCCCBr)N=S1(=O)CCOCC1. The summed E-state index contributed by atoms with van der Waals surface area (Å²) in [4.78, 5) is 11.4. The molecular weight excluding hydrogens is 282 g/mol. The number of hydrogen-bond donors (Lipinski definition) is 0. The van der Waals surface area contributed by atoms with Gasteiger partial charge in [0, 0.05) is 11.8 Å². The molecule has 0 radical (unpaired) electrons. The molecule has 4 nitrogen and oxygen atoms in total. The minimum atomic E-state index is -2.29. The predicted molar refractivity (Wildman–Crippen MR) is 63.8 cm³/mol. The van der Waals surface area contributed by atoms with Crippen molar-refractivity contribution in [3.8, 4) is 0 Å². The number of nitrogens with zero attached hydrogens (tertiary/aromatic N) is 1. The van der Waals surface area contributed by atoms with Gasteiger partial charge in [0.25, 0.3) is 5.91 Å². The van der Waals surface area contributed by atoms with Crippen molar-refractivity contribution >= 4 is 31.6 Å². The molecule has 0 aliphatic carbocycles. The molecule has 88 valence electrons. The maximum absolute atomic E-state index is 12.0. The van der Waals surface area contributed by atoms with Crippen molar-refractivity contribution in [1.82, 2.24) is 0 Å². The maximum Gasteiger partial charge on any atom is 0.253 e. The zero-order valence-corrected chi connectivity index (χ0v) is 11.0. The van der Waals surface area contributed by atoms with Gasteiger partial charge >= 0.3 is 0 Å². The van der Waals surface area contributed by atoms with Crippen LogP contribution in [0.2, 0.25) is 0 Å². The highest BCUT2D eigenvalue weighted by Crippen LogP contribution is 2.07. The summed E-state index contributed by atoms with van der Waals surface area (Å²) in [6, 6.07) is 0. The van der Waals surface area contributed by atoms with Gasteiger partial charge in [0.1, 0.15) is 0 Å².